The van der Waals surface area contributed by atoms with E-state index in [1.54, 1.807) is 24.3 Å². The van der Waals surface area contributed by atoms with E-state index in [2.05, 4.69) is 16.0 Å². The van der Waals surface area contributed by atoms with E-state index in [1.165, 1.54) is 55.5 Å². The normalized spacial score (nSPS) is 16.8. The second-order valence-electron chi connectivity index (χ2n) is 8.19. The van der Waals surface area contributed by atoms with Crippen molar-refractivity contribution in [2.75, 3.05) is 17.2 Å². The van der Waals surface area contributed by atoms with E-state index < -0.39 is 41.7 Å². The number of hydrogen-bond acceptors (Lipinski definition) is 5. The molecule has 1 unspecified atom stereocenters. The van der Waals surface area contributed by atoms with Crippen molar-refractivity contribution in [1.29, 1.82) is 5.26 Å². The second kappa shape index (κ2) is 9.68. The standard InChI is InChI=1S/C26H20FN5O4/c1-26(17-8-6-16(14-28)7-9-17)24(35)32(25(36)31-26)15-22(33)30-21-5-3-2-4-20(21)23(34)29-19-12-10-18(27)11-13-19/h2-13H,15H2,1H3,(H,29,34)(H,30,33)(H,31,36). The molecule has 180 valence electrons. The molecule has 1 atom stereocenters. The molecule has 0 aliphatic carbocycles. The van der Waals surface area contributed by atoms with Gasteiger partial charge < -0.3 is 16.0 Å². The average molecular weight is 485 g/mol. The van der Waals surface area contributed by atoms with E-state index in [1.807, 2.05) is 6.07 Å². The van der Waals surface area contributed by atoms with E-state index in [4.69, 9.17) is 5.26 Å². The van der Waals surface area contributed by atoms with Crippen molar-refractivity contribution in [2.45, 2.75) is 12.5 Å². The minimum Gasteiger partial charge on any atom is -0.324 e. The van der Waals surface area contributed by atoms with Crippen molar-refractivity contribution < 1.29 is 23.6 Å². The van der Waals surface area contributed by atoms with E-state index in [9.17, 15) is 23.6 Å². The summed E-state index contributed by atoms with van der Waals surface area (Å²) in [5.74, 6) is -2.31. The molecule has 4 rings (SSSR count). The lowest BCUT2D eigenvalue weighted by molar-refractivity contribution is -0.133. The number of nitrogens with zero attached hydrogens (tertiary/aromatic N) is 2. The number of benzene rings is 3. The van der Waals surface area contributed by atoms with Crippen LogP contribution in [0.25, 0.3) is 0 Å². The summed E-state index contributed by atoms with van der Waals surface area (Å²) in [4.78, 5) is 51.9. The van der Waals surface area contributed by atoms with Crippen LogP contribution in [-0.2, 0) is 15.1 Å². The monoisotopic (exact) mass is 485 g/mol. The molecule has 3 aromatic carbocycles. The number of imide groups is 1. The van der Waals surface area contributed by atoms with Gasteiger partial charge >= 0.3 is 6.03 Å². The van der Waals surface area contributed by atoms with Crippen molar-refractivity contribution in [3.63, 3.8) is 0 Å². The van der Waals surface area contributed by atoms with E-state index in [0.29, 0.717) is 16.8 Å². The first-order chi connectivity index (χ1) is 17.2. The van der Waals surface area contributed by atoms with Gasteiger partial charge in [0.1, 0.15) is 17.9 Å². The lowest BCUT2D eigenvalue weighted by Crippen LogP contribution is -2.42. The number of carbonyl (C=O) groups is 4. The van der Waals surface area contributed by atoms with Crippen LogP contribution in [0, 0.1) is 17.1 Å². The number of urea groups is 1. The van der Waals surface area contributed by atoms with Gasteiger partial charge in [0, 0.05) is 5.69 Å². The summed E-state index contributed by atoms with van der Waals surface area (Å²) in [5.41, 5.74) is 0.129. The fourth-order valence-electron chi connectivity index (χ4n) is 3.77. The zero-order valence-electron chi connectivity index (χ0n) is 19.0. The second-order valence-corrected chi connectivity index (χ2v) is 8.19. The van der Waals surface area contributed by atoms with Gasteiger partial charge in [0.05, 0.1) is 22.9 Å². The smallest absolute Gasteiger partial charge is 0.324 e. The van der Waals surface area contributed by atoms with Crippen molar-refractivity contribution in [1.82, 2.24) is 10.2 Å². The number of para-hydroxylation sites is 1. The predicted octanol–water partition coefficient (Wildman–Crippen LogP) is 3.36. The van der Waals surface area contributed by atoms with Crippen molar-refractivity contribution >= 4 is 35.1 Å². The third-order valence-electron chi connectivity index (χ3n) is 5.72. The van der Waals surface area contributed by atoms with Gasteiger partial charge in [-0.05, 0) is 61.0 Å². The molecule has 0 aromatic heterocycles. The number of anilines is 2. The highest BCUT2D eigenvalue weighted by Gasteiger charge is 2.49. The minimum absolute atomic E-state index is 0.134. The molecule has 9 nitrogen and oxygen atoms in total. The van der Waals surface area contributed by atoms with Crippen LogP contribution in [0.4, 0.5) is 20.6 Å². The van der Waals surface area contributed by atoms with Crippen molar-refractivity contribution in [2.24, 2.45) is 0 Å². The Morgan fingerprint density at radius 2 is 1.67 bits per heavy atom. The number of rotatable bonds is 6. The Hall–Kier alpha value is -5.04. The topological polar surface area (TPSA) is 131 Å². The van der Waals surface area contributed by atoms with Crippen molar-refractivity contribution in [3.05, 3.63) is 95.3 Å². The maximum Gasteiger partial charge on any atom is 0.325 e. The first kappa shape index (κ1) is 24.1. The first-order valence-electron chi connectivity index (χ1n) is 10.8. The molecule has 1 heterocycles. The zero-order chi connectivity index (χ0) is 25.9. The lowest BCUT2D eigenvalue weighted by atomic mass is 9.91. The highest BCUT2D eigenvalue weighted by molar-refractivity contribution is 6.12. The molecule has 1 fully saturated rings. The first-order valence-corrected chi connectivity index (χ1v) is 10.8. The number of amides is 5. The van der Waals surface area contributed by atoms with Crippen LogP contribution in [0.5, 0.6) is 0 Å². The molecule has 36 heavy (non-hydrogen) atoms. The molecule has 1 aliphatic rings. The third kappa shape index (κ3) is 4.76. The van der Waals surface area contributed by atoms with E-state index in [0.717, 1.165) is 4.90 Å². The van der Waals surface area contributed by atoms with Crippen LogP contribution in [0.1, 0.15) is 28.4 Å². The fraction of sp³-hybridized carbons (Fsp3) is 0.115. The highest BCUT2D eigenvalue weighted by atomic mass is 19.1. The van der Waals surface area contributed by atoms with Crippen molar-refractivity contribution in [3.8, 4) is 6.07 Å². The molecular weight excluding hydrogens is 465 g/mol. The van der Waals surface area contributed by atoms with Crippen LogP contribution < -0.4 is 16.0 Å². The van der Waals surface area contributed by atoms with E-state index in [-0.39, 0.29) is 11.3 Å². The summed E-state index contributed by atoms with van der Waals surface area (Å²) in [7, 11) is 0. The number of nitriles is 1. The maximum atomic E-state index is 13.1. The minimum atomic E-state index is -1.40. The Kier molecular flexibility index (Phi) is 6.48. The van der Waals surface area contributed by atoms with Gasteiger partial charge in [-0.3, -0.25) is 19.3 Å². The molecule has 0 spiro atoms. The van der Waals surface area contributed by atoms with Crippen LogP contribution >= 0.6 is 0 Å². The highest BCUT2D eigenvalue weighted by Crippen LogP contribution is 2.29. The molecule has 3 N–H and O–H groups in total. The fourth-order valence-corrected chi connectivity index (χ4v) is 3.77. The summed E-state index contributed by atoms with van der Waals surface area (Å²) in [6.45, 7) is 0.937. The molecular formula is C26H20FN5O4. The SMILES string of the molecule is CC1(c2ccc(C#N)cc2)NC(=O)N(CC(=O)Nc2ccccc2C(=O)Nc2ccc(F)cc2)C1=O. The van der Waals surface area contributed by atoms with Gasteiger partial charge in [-0.15, -0.1) is 0 Å². The van der Waals surface area contributed by atoms with Crippen LogP contribution in [0.15, 0.2) is 72.8 Å². The predicted molar refractivity (Wildman–Crippen MR) is 128 cm³/mol. The van der Waals surface area contributed by atoms with E-state index >= 15 is 0 Å². The molecule has 1 aliphatic heterocycles. The van der Waals surface area contributed by atoms with Gasteiger partial charge in [0.15, 0.2) is 0 Å². The van der Waals surface area contributed by atoms with Crippen LogP contribution in [-0.4, -0.2) is 35.2 Å². The summed E-state index contributed by atoms with van der Waals surface area (Å²) < 4.78 is 13.1. The quantitative estimate of drug-likeness (QED) is 0.461. The third-order valence-corrected chi connectivity index (χ3v) is 5.72. The Balaban J connectivity index is 1.46. The van der Waals surface area contributed by atoms with Gasteiger partial charge in [-0.25, -0.2) is 9.18 Å². The van der Waals surface area contributed by atoms with Gasteiger partial charge in [-0.2, -0.15) is 5.26 Å². The number of nitrogens with one attached hydrogen (secondary N) is 3. The van der Waals surface area contributed by atoms with Gasteiger partial charge in [0.25, 0.3) is 11.8 Å². The molecule has 1 saturated heterocycles. The van der Waals surface area contributed by atoms with Gasteiger partial charge in [-0.1, -0.05) is 24.3 Å². The largest absolute Gasteiger partial charge is 0.325 e. The number of carbonyl (C=O) groups excluding carboxylic acids is 4. The summed E-state index contributed by atoms with van der Waals surface area (Å²) in [5, 5.41) is 16.8. The molecule has 0 saturated carbocycles. The maximum absolute atomic E-state index is 13.1. The molecule has 3 aromatic rings. The lowest BCUT2D eigenvalue weighted by Gasteiger charge is -2.22. The average Bonchev–Trinajstić information content (AvgIpc) is 3.09. The Morgan fingerprint density at radius 3 is 2.33 bits per heavy atom. The van der Waals surface area contributed by atoms with Crippen LogP contribution in [0.3, 0.4) is 0 Å². The summed E-state index contributed by atoms with van der Waals surface area (Å²) in [6, 6.07) is 18.8. The summed E-state index contributed by atoms with van der Waals surface area (Å²) >= 11 is 0. The Morgan fingerprint density at radius 1 is 1.00 bits per heavy atom. The Bertz CT molecular complexity index is 1400. The number of halogens is 1. The molecule has 10 heteroatoms. The zero-order valence-corrected chi connectivity index (χ0v) is 19.0. The van der Waals surface area contributed by atoms with Gasteiger partial charge in [0.2, 0.25) is 5.91 Å². The number of hydrogen-bond donors (Lipinski definition) is 3. The Labute approximate surface area is 205 Å². The molecule has 0 bridgehead atoms. The molecule has 5 amide bonds. The summed E-state index contributed by atoms with van der Waals surface area (Å²) in [6.07, 6.45) is 0. The molecule has 0 radical (unpaired) electrons. The van der Waals surface area contributed by atoms with Crippen LogP contribution in [0.2, 0.25) is 0 Å².